The molecule has 1 aliphatic heterocycles. The van der Waals surface area contributed by atoms with Crippen LogP contribution >= 0.6 is 0 Å². The summed E-state index contributed by atoms with van der Waals surface area (Å²) in [6.07, 6.45) is 3.26. The van der Waals surface area contributed by atoms with Crippen molar-refractivity contribution in [3.63, 3.8) is 0 Å². The van der Waals surface area contributed by atoms with E-state index in [9.17, 15) is 22.4 Å². The van der Waals surface area contributed by atoms with Gasteiger partial charge in [-0.05, 0) is 43.9 Å². The minimum absolute atomic E-state index is 0.110. The van der Waals surface area contributed by atoms with Gasteiger partial charge in [-0.2, -0.15) is 0 Å². The van der Waals surface area contributed by atoms with Crippen molar-refractivity contribution < 1.29 is 22.4 Å². The third-order valence-electron chi connectivity index (χ3n) is 4.51. The fourth-order valence-corrected chi connectivity index (χ4v) is 3.54. The minimum atomic E-state index is -4.03. The van der Waals surface area contributed by atoms with Gasteiger partial charge in [0.1, 0.15) is 5.82 Å². The first kappa shape index (κ1) is 17.8. The summed E-state index contributed by atoms with van der Waals surface area (Å²) in [5.41, 5.74) is -0.378. The van der Waals surface area contributed by atoms with Crippen molar-refractivity contribution in [3.05, 3.63) is 29.6 Å². The molecule has 3 rings (SSSR count). The maximum Gasteiger partial charge on any atom is 0.254 e. The Morgan fingerprint density at radius 3 is 2.60 bits per heavy atom. The smallest absolute Gasteiger partial charge is 0.254 e. The minimum Gasteiger partial charge on any atom is -0.347 e. The lowest BCUT2D eigenvalue weighted by atomic mass is 10.0. The molecule has 2 amide bonds. The van der Waals surface area contributed by atoms with Crippen molar-refractivity contribution in [3.8, 4) is 0 Å². The first-order valence-corrected chi connectivity index (χ1v) is 9.72. The van der Waals surface area contributed by atoms with Crippen molar-refractivity contribution in [2.45, 2.75) is 36.6 Å². The zero-order valence-corrected chi connectivity index (χ0v) is 14.4. The molecule has 1 aromatic carbocycles. The van der Waals surface area contributed by atoms with Gasteiger partial charge >= 0.3 is 0 Å². The summed E-state index contributed by atoms with van der Waals surface area (Å²) >= 11 is 0. The number of carbonyl (C=O) groups is 2. The number of nitrogens with zero attached hydrogens (tertiary/aromatic N) is 1. The molecule has 2 fully saturated rings. The number of halogens is 1. The van der Waals surface area contributed by atoms with Gasteiger partial charge in [0.15, 0.2) is 0 Å². The standard InChI is InChI=1S/C16H20FN3O4S/c17-14-6-5-12(25(18,23)24)8-13(14)15(21)19-11-2-1-7-20(9-11)16(22)10-3-4-10/h5-6,8,10-11H,1-4,7,9H2,(H,19,21)(H2,18,23,24)/t11-/m1/s1. The van der Waals surface area contributed by atoms with Crippen LogP contribution in [0, 0.1) is 11.7 Å². The van der Waals surface area contributed by atoms with Gasteiger partial charge in [-0.15, -0.1) is 0 Å². The number of nitrogens with two attached hydrogens (primary N) is 1. The molecule has 1 saturated heterocycles. The molecule has 9 heteroatoms. The highest BCUT2D eigenvalue weighted by Crippen LogP contribution is 2.32. The first-order chi connectivity index (χ1) is 11.8. The second-order valence-electron chi connectivity index (χ2n) is 6.56. The van der Waals surface area contributed by atoms with E-state index in [2.05, 4.69) is 5.32 Å². The van der Waals surface area contributed by atoms with Crippen molar-refractivity contribution in [2.75, 3.05) is 13.1 Å². The summed E-state index contributed by atoms with van der Waals surface area (Å²) in [6.45, 7) is 1.05. The molecule has 3 N–H and O–H groups in total. The number of piperidine rings is 1. The van der Waals surface area contributed by atoms with Gasteiger partial charge < -0.3 is 10.2 Å². The largest absolute Gasteiger partial charge is 0.347 e. The van der Waals surface area contributed by atoms with Crippen LogP contribution in [0.2, 0.25) is 0 Å². The van der Waals surface area contributed by atoms with E-state index in [-0.39, 0.29) is 28.3 Å². The lowest BCUT2D eigenvalue weighted by Crippen LogP contribution is -2.50. The van der Waals surface area contributed by atoms with Gasteiger partial charge in [0.05, 0.1) is 10.5 Å². The Hall–Kier alpha value is -2.00. The topological polar surface area (TPSA) is 110 Å². The van der Waals surface area contributed by atoms with Gasteiger partial charge in [0.25, 0.3) is 5.91 Å². The monoisotopic (exact) mass is 369 g/mol. The Morgan fingerprint density at radius 2 is 1.96 bits per heavy atom. The highest BCUT2D eigenvalue weighted by Gasteiger charge is 2.35. The molecule has 136 valence electrons. The number of benzene rings is 1. The highest BCUT2D eigenvalue weighted by atomic mass is 32.2. The fraction of sp³-hybridized carbons (Fsp3) is 0.500. The van der Waals surface area contributed by atoms with Crippen LogP contribution in [-0.4, -0.2) is 44.3 Å². The number of sulfonamides is 1. The summed E-state index contributed by atoms with van der Waals surface area (Å²) in [7, 11) is -4.03. The normalized spacial score (nSPS) is 21.0. The number of nitrogens with one attached hydrogen (secondary N) is 1. The van der Waals surface area contributed by atoms with Crippen molar-refractivity contribution in [1.82, 2.24) is 10.2 Å². The van der Waals surface area contributed by atoms with Crippen LogP contribution in [0.5, 0.6) is 0 Å². The molecule has 1 aromatic rings. The molecule has 1 heterocycles. The van der Waals surface area contributed by atoms with E-state index >= 15 is 0 Å². The summed E-state index contributed by atoms with van der Waals surface area (Å²) in [6, 6.07) is 2.55. The molecule has 25 heavy (non-hydrogen) atoms. The molecule has 1 saturated carbocycles. The van der Waals surface area contributed by atoms with Crippen LogP contribution in [0.4, 0.5) is 4.39 Å². The van der Waals surface area contributed by atoms with E-state index < -0.39 is 21.7 Å². The molecular formula is C16H20FN3O4S. The second-order valence-corrected chi connectivity index (χ2v) is 8.12. The van der Waals surface area contributed by atoms with E-state index in [4.69, 9.17) is 5.14 Å². The van der Waals surface area contributed by atoms with Crippen LogP contribution in [0.3, 0.4) is 0 Å². The number of rotatable bonds is 4. The van der Waals surface area contributed by atoms with Crippen LogP contribution < -0.4 is 10.5 Å². The first-order valence-electron chi connectivity index (χ1n) is 8.17. The molecule has 1 atom stereocenters. The lowest BCUT2D eigenvalue weighted by Gasteiger charge is -2.33. The van der Waals surface area contributed by atoms with Gasteiger partial charge in [0.2, 0.25) is 15.9 Å². The average molecular weight is 369 g/mol. The Labute approximate surface area is 145 Å². The number of amides is 2. The number of primary sulfonamides is 1. The Balaban J connectivity index is 1.70. The molecule has 0 unspecified atom stereocenters. The van der Waals surface area contributed by atoms with E-state index in [0.717, 1.165) is 37.5 Å². The van der Waals surface area contributed by atoms with Gasteiger partial charge in [-0.3, -0.25) is 9.59 Å². The number of hydrogen-bond donors (Lipinski definition) is 2. The molecular weight excluding hydrogens is 349 g/mol. The fourth-order valence-electron chi connectivity index (χ4n) is 3.00. The maximum atomic E-state index is 13.9. The molecule has 0 bridgehead atoms. The third kappa shape index (κ3) is 4.16. The van der Waals surface area contributed by atoms with E-state index in [1.807, 2.05) is 0 Å². The molecule has 0 aromatic heterocycles. The third-order valence-corrected chi connectivity index (χ3v) is 5.42. The van der Waals surface area contributed by atoms with E-state index in [0.29, 0.717) is 19.5 Å². The zero-order chi connectivity index (χ0) is 18.2. The van der Waals surface area contributed by atoms with Crippen molar-refractivity contribution in [2.24, 2.45) is 11.1 Å². The molecule has 0 spiro atoms. The van der Waals surface area contributed by atoms with Crippen LogP contribution in [0.15, 0.2) is 23.1 Å². The number of likely N-dealkylation sites (tertiary alicyclic amines) is 1. The quantitative estimate of drug-likeness (QED) is 0.810. The second kappa shape index (κ2) is 6.72. The van der Waals surface area contributed by atoms with Crippen LogP contribution in [0.1, 0.15) is 36.0 Å². The maximum absolute atomic E-state index is 13.9. The summed E-state index contributed by atoms with van der Waals surface area (Å²) in [4.78, 5) is 25.9. The van der Waals surface area contributed by atoms with Gasteiger partial charge in [-0.1, -0.05) is 0 Å². The number of carbonyl (C=O) groups excluding carboxylic acids is 2. The van der Waals surface area contributed by atoms with Crippen LogP contribution in [0.25, 0.3) is 0 Å². The average Bonchev–Trinajstić information content (AvgIpc) is 3.38. The summed E-state index contributed by atoms with van der Waals surface area (Å²) in [5.74, 6) is -1.32. The zero-order valence-electron chi connectivity index (χ0n) is 13.6. The lowest BCUT2D eigenvalue weighted by molar-refractivity contribution is -0.133. The predicted octanol–water partition coefficient (Wildman–Crippen LogP) is 0.604. The van der Waals surface area contributed by atoms with Crippen molar-refractivity contribution >= 4 is 21.8 Å². The summed E-state index contributed by atoms with van der Waals surface area (Å²) < 4.78 is 36.7. The van der Waals surface area contributed by atoms with Gasteiger partial charge in [0, 0.05) is 25.0 Å². The van der Waals surface area contributed by atoms with E-state index in [1.54, 1.807) is 4.90 Å². The van der Waals surface area contributed by atoms with Crippen LogP contribution in [-0.2, 0) is 14.8 Å². The van der Waals surface area contributed by atoms with E-state index in [1.165, 1.54) is 0 Å². The SMILES string of the molecule is NS(=O)(=O)c1ccc(F)c(C(=O)N[C@@H]2CCCN(C(=O)C3CC3)C2)c1. The molecule has 2 aliphatic rings. The van der Waals surface area contributed by atoms with Gasteiger partial charge in [-0.25, -0.2) is 17.9 Å². The highest BCUT2D eigenvalue weighted by molar-refractivity contribution is 7.89. The summed E-state index contributed by atoms with van der Waals surface area (Å²) in [5, 5.41) is 7.71. The Bertz CT molecular complexity index is 808. The Morgan fingerprint density at radius 1 is 1.24 bits per heavy atom. The number of hydrogen-bond acceptors (Lipinski definition) is 4. The predicted molar refractivity (Wildman–Crippen MR) is 87.6 cm³/mol. The molecule has 0 radical (unpaired) electrons. The Kier molecular flexibility index (Phi) is 4.79. The molecule has 7 nitrogen and oxygen atoms in total. The molecule has 1 aliphatic carbocycles. The van der Waals surface area contributed by atoms with Crippen molar-refractivity contribution in [1.29, 1.82) is 0 Å².